The van der Waals surface area contributed by atoms with E-state index in [0.29, 0.717) is 16.3 Å². The summed E-state index contributed by atoms with van der Waals surface area (Å²) < 4.78 is 12.1. The molecule has 6 heteroatoms. The molecule has 0 aliphatic heterocycles. The van der Waals surface area contributed by atoms with Gasteiger partial charge in [0.2, 0.25) is 0 Å². The highest BCUT2D eigenvalue weighted by molar-refractivity contribution is 7.84. The first-order valence-electron chi connectivity index (χ1n) is 5.60. The van der Waals surface area contributed by atoms with Crippen LogP contribution in [0.5, 0.6) is 0 Å². The number of carboxylic acid groups (broad SMARTS) is 1. The third-order valence-electron chi connectivity index (χ3n) is 2.42. The number of carbonyl (C=O) groups is 1. The summed E-state index contributed by atoms with van der Waals surface area (Å²) in [5.41, 5.74) is 0.684. The van der Waals surface area contributed by atoms with Crippen molar-refractivity contribution in [2.75, 3.05) is 0 Å². The largest absolute Gasteiger partial charge is 0.481 e. The van der Waals surface area contributed by atoms with Crippen LogP contribution in [0.3, 0.4) is 0 Å². The average Bonchev–Trinajstić information content (AvgIpc) is 2.40. The molecule has 0 amide bonds. The summed E-state index contributed by atoms with van der Waals surface area (Å²) >= 11 is 0. The van der Waals surface area contributed by atoms with Crippen LogP contribution in [0, 0.1) is 0 Å². The lowest BCUT2D eigenvalue weighted by Crippen LogP contribution is -2.02. The molecule has 0 saturated carbocycles. The van der Waals surface area contributed by atoms with Crippen molar-refractivity contribution in [2.45, 2.75) is 17.1 Å². The van der Waals surface area contributed by atoms with Crippen molar-refractivity contribution in [1.29, 1.82) is 0 Å². The van der Waals surface area contributed by atoms with E-state index in [4.69, 9.17) is 5.11 Å². The van der Waals surface area contributed by atoms with Gasteiger partial charge in [-0.1, -0.05) is 12.1 Å². The zero-order chi connectivity index (χ0) is 13.7. The molecular weight excluding hydrogens is 264 g/mol. The van der Waals surface area contributed by atoms with Crippen molar-refractivity contribution in [3.05, 3.63) is 54.1 Å². The highest BCUT2D eigenvalue weighted by Gasteiger charge is 2.07. The Hall–Kier alpha value is -2.08. The number of aromatic nitrogens is 2. The standard InChI is InChI=1S/C13H12N2O3S/c16-13(17)8-10-2-4-11(5-3-10)19(18)9-12-14-6-1-7-15-12/h1-7H,8-9H2,(H,16,17). The van der Waals surface area contributed by atoms with E-state index in [0.717, 1.165) is 0 Å². The second-order valence-electron chi connectivity index (χ2n) is 3.87. The molecule has 0 saturated heterocycles. The van der Waals surface area contributed by atoms with Crippen LogP contribution in [0.1, 0.15) is 11.4 Å². The topological polar surface area (TPSA) is 80.1 Å². The zero-order valence-electron chi connectivity index (χ0n) is 10.0. The molecule has 0 fully saturated rings. The summed E-state index contributed by atoms with van der Waals surface area (Å²) in [6, 6.07) is 8.40. The van der Waals surface area contributed by atoms with Gasteiger partial charge in [-0.15, -0.1) is 0 Å². The molecule has 1 aromatic heterocycles. The number of hydrogen-bond acceptors (Lipinski definition) is 4. The number of rotatable bonds is 5. The second-order valence-corrected chi connectivity index (χ2v) is 5.32. The Kier molecular flexibility index (Phi) is 4.35. The molecule has 0 spiro atoms. The fourth-order valence-electron chi connectivity index (χ4n) is 1.54. The summed E-state index contributed by atoms with van der Waals surface area (Å²) in [5, 5.41) is 8.66. The van der Waals surface area contributed by atoms with Crippen molar-refractivity contribution in [3.63, 3.8) is 0 Å². The molecule has 0 radical (unpaired) electrons. The molecule has 1 heterocycles. The van der Waals surface area contributed by atoms with E-state index in [-0.39, 0.29) is 12.2 Å². The maximum absolute atomic E-state index is 12.1. The Morgan fingerprint density at radius 1 is 1.16 bits per heavy atom. The van der Waals surface area contributed by atoms with Gasteiger partial charge in [-0.3, -0.25) is 9.00 Å². The predicted octanol–water partition coefficient (Wildman–Crippen LogP) is 1.41. The van der Waals surface area contributed by atoms with Crippen LogP contribution in [0.4, 0.5) is 0 Å². The first-order valence-corrected chi connectivity index (χ1v) is 6.92. The van der Waals surface area contributed by atoms with Crippen molar-refractivity contribution in [1.82, 2.24) is 9.97 Å². The first-order chi connectivity index (χ1) is 9.15. The van der Waals surface area contributed by atoms with Crippen molar-refractivity contribution >= 4 is 16.8 Å². The van der Waals surface area contributed by atoms with Crippen LogP contribution in [0.25, 0.3) is 0 Å². The van der Waals surface area contributed by atoms with Gasteiger partial charge in [0, 0.05) is 17.3 Å². The van der Waals surface area contributed by atoms with Crippen LogP contribution in [-0.4, -0.2) is 25.3 Å². The van der Waals surface area contributed by atoms with Gasteiger partial charge in [-0.05, 0) is 23.8 Å². The monoisotopic (exact) mass is 276 g/mol. The van der Waals surface area contributed by atoms with Crippen molar-refractivity contribution in [2.24, 2.45) is 0 Å². The third kappa shape index (κ3) is 3.96. The summed E-state index contributed by atoms with van der Waals surface area (Å²) in [7, 11) is -1.23. The minimum absolute atomic E-state index is 0.0330. The summed E-state index contributed by atoms with van der Waals surface area (Å²) in [6.45, 7) is 0. The third-order valence-corrected chi connectivity index (χ3v) is 3.74. The van der Waals surface area contributed by atoms with Gasteiger partial charge in [0.15, 0.2) is 0 Å². The minimum atomic E-state index is -1.23. The normalized spacial score (nSPS) is 12.0. The fourth-order valence-corrected chi connectivity index (χ4v) is 2.53. The van der Waals surface area contributed by atoms with E-state index >= 15 is 0 Å². The van der Waals surface area contributed by atoms with E-state index < -0.39 is 16.8 Å². The van der Waals surface area contributed by atoms with Gasteiger partial charge in [0.1, 0.15) is 5.82 Å². The maximum atomic E-state index is 12.1. The van der Waals surface area contributed by atoms with E-state index in [1.807, 2.05) is 0 Å². The summed E-state index contributed by atoms with van der Waals surface area (Å²) in [4.78, 5) is 19.2. The van der Waals surface area contributed by atoms with Gasteiger partial charge in [0.05, 0.1) is 23.0 Å². The SMILES string of the molecule is O=C(O)Cc1ccc(S(=O)Cc2ncccn2)cc1. The van der Waals surface area contributed by atoms with E-state index in [2.05, 4.69) is 9.97 Å². The Balaban J connectivity index is 2.05. The van der Waals surface area contributed by atoms with Gasteiger partial charge >= 0.3 is 5.97 Å². The molecule has 1 atom stereocenters. The maximum Gasteiger partial charge on any atom is 0.307 e. The molecule has 1 unspecified atom stereocenters. The van der Waals surface area contributed by atoms with Crippen LogP contribution in [0.15, 0.2) is 47.6 Å². The fraction of sp³-hybridized carbons (Fsp3) is 0.154. The summed E-state index contributed by atoms with van der Waals surface area (Å²) in [6.07, 6.45) is 3.18. The molecule has 19 heavy (non-hydrogen) atoms. The molecule has 0 aliphatic carbocycles. The molecule has 0 aliphatic rings. The van der Waals surface area contributed by atoms with E-state index in [9.17, 15) is 9.00 Å². The molecule has 0 bridgehead atoms. The van der Waals surface area contributed by atoms with Crippen LogP contribution < -0.4 is 0 Å². The number of hydrogen-bond donors (Lipinski definition) is 1. The van der Waals surface area contributed by atoms with Crippen molar-refractivity contribution in [3.8, 4) is 0 Å². The lowest BCUT2D eigenvalue weighted by atomic mass is 10.2. The molecular formula is C13H12N2O3S. The van der Waals surface area contributed by atoms with Crippen LogP contribution in [0.2, 0.25) is 0 Å². The Morgan fingerprint density at radius 3 is 2.37 bits per heavy atom. The summed E-state index contributed by atoms with van der Waals surface area (Å²) in [5.74, 6) is -0.110. The van der Waals surface area contributed by atoms with Crippen LogP contribution >= 0.6 is 0 Å². The number of carboxylic acids is 1. The molecule has 2 rings (SSSR count). The second kappa shape index (κ2) is 6.19. The smallest absolute Gasteiger partial charge is 0.307 e. The van der Waals surface area contributed by atoms with Crippen molar-refractivity contribution < 1.29 is 14.1 Å². The predicted molar refractivity (Wildman–Crippen MR) is 69.9 cm³/mol. The lowest BCUT2D eigenvalue weighted by Gasteiger charge is -2.02. The van der Waals surface area contributed by atoms with E-state index in [1.165, 1.54) is 0 Å². The molecule has 5 nitrogen and oxygen atoms in total. The molecule has 2 aromatic rings. The zero-order valence-corrected chi connectivity index (χ0v) is 10.8. The Labute approximate surface area is 112 Å². The molecule has 98 valence electrons. The van der Waals surface area contributed by atoms with E-state index in [1.54, 1.807) is 42.7 Å². The number of benzene rings is 1. The highest BCUT2D eigenvalue weighted by atomic mass is 32.2. The minimum Gasteiger partial charge on any atom is -0.481 e. The molecule has 1 aromatic carbocycles. The average molecular weight is 276 g/mol. The first kappa shape index (κ1) is 13.4. The quantitative estimate of drug-likeness (QED) is 0.893. The number of aliphatic carboxylic acids is 1. The van der Waals surface area contributed by atoms with Gasteiger partial charge in [-0.2, -0.15) is 0 Å². The van der Waals surface area contributed by atoms with Gasteiger partial charge in [-0.25, -0.2) is 9.97 Å². The number of nitrogens with zero attached hydrogens (tertiary/aromatic N) is 2. The van der Waals surface area contributed by atoms with Gasteiger partial charge < -0.3 is 5.11 Å². The highest BCUT2D eigenvalue weighted by Crippen LogP contribution is 2.12. The lowest BCUT2D eigenvalue weighted by molar-refractivity contribution is -0.136. The van der Waals surface area contributed by atoms with Crippen LogP contribution in [-0.2, 0) is 27.8 Å². The van der Waals surface area contributed by atoms with Gasteiger partial charge in [0.25, 0.3) is 0 Å². The molecule has 1 N–H and O–H groups in total. The Bertz CT molecular complexity index is 585. The Morgan fingerprint density at radius 2 is 1.79 bits per heavy atom.